The first-order chi connectivity index (χ1) is 12.6. The highest BCUT2D eigenvalue weighted by Gasteiger charge is 2.25. The summed E-state index contributed by atoms with van der Waals surface area (Å²) in [5.41, 5.74) is 1.87. The SMILES string of the molecule is CC(=O)c1cc(-c2nc(-c3cccnc3)nn2C2CCN(C)CC2)cs1. The number of Topliss-reactive ketones (excluding diaryl/α,β-unsaturated/α-hetero) is 1. The molecule has 7 heteroatoms. The van der Waals surface area contributed by atoms with Crippen LogP contribution < -0.4 is 0 Å². The second-order valence-electron chi connectivity index (χ2n) is 6.74. The molecule has 3 aromatic rings. The number of carbonyl (C=O) groups is 1. The molecule has 6 nitrogen and oxygen atoms in total. The fraction of sp³-hybridized carbons (Fsp3) is 0.368. The van der Waals surface area contributed by atoms with Gasteiger partial charge in [0.1, 0.15) is 0 Å². The Balaban J connectivity index is 1.77. The molecule has 0 saturated carbocycles. The highest BCUT2D eigenvalue weighted by molar-refractivity contribution is 7.12. The van der Waals surface area contributed by atoms with Crippen molar-refractivity contribution in [1.82, 2.24) is 24.6 Å². The van der Waals surface area contributed by atoms with Crippen LogP contribution in [0, 0.1) is 0 Å². The number of hydrogen-bond donors (Lipinski definition) is 0. The second-order valence-corrected chi connectivity index (χ2v) is 7.65. The zero-order valence-electron chi connectivity index (χ0n) is 14.9. The van der Waals surface area contributed by atoms with Crippen LogP contribution in [0.25, 0.3) is 22.8 Å². The Hall–Kier alpha value is -2.38. The van der Waals surface area contributed by atoms with Gasteiger partial charge in [-0.3, -0.25) is 9.78 Å². The van der Waals surface area contributed by atoms with Gasteiger partial charge in [-0.15, -0.1) is 11.3 Å². The summed E-state index contributed by atoms with van der Waals surface area (Å²) in [4.78, 5) is 23.8. The molecule has 0 bridgehead atoms. The molecule has 0 amide bonds. The Bertz CT molecular complexity index is 909. The van der Waals surface area contributed by atoms with Crippen molar-refractivity contribution in [2.24, 2.45) is 0 Å². The van der Waals surface area contributed by atoms with Gasteiger partial charge in [-0.05, 0) is 58.1 Å². The lowest BCUT2D eigenvalue weighted by Gasteiger charge is -2.29. The van der Waals surface area contributed by atoms with Crippen molar-refractivity contribution in [2.75, 3.05) is 20.1 Å². The first-order valence-corrected chi connectivity index (χ1v) is 9.65. The third kappa shape index (κ3) is 3.32. The lowest BCUT2D eigenvalue weighted by Crippen LogP contribution is -2.32. The van der Waals surface area contributed by atoms with Gasteiger partial charge < -0.3 is 4.90 Å². The smallest absolute Gasteiger partial charge is 0.183 e. The third-order valence-electron chi connectivity index (χ3n) is 4.79. The van der Waals surface area contributed by atoms with Crippen molar-refractivity contribution in [3.63, 3.8) is 0 Å². The number of aromatic nitrogens is 4. The maximum Gasteiger partial charge on any atom is 0.183 e. The van der Waals surface area contributed by atoms with Gasteiger partial charge >= 0.3 is 0 Å². The van der Waals surface area contributed by atoms with Gasteiger partial charge in [-0.25, -0.2) is 9.67 Å². The summed E-state index contributed by atoms with van der Waals surface area (Å²) in [6.45, 7) is 3.70. The molecule has 0 N–H and O–H groups in total. The molecule has 3 aromatic heterocycles. The number of piperidine rings is 1. The van der Waals surface area contributed by atoms with E-state index in [-0.39, 0.29) is 5.78 Å². The van der Waals surface area contributed by atoms with E-state index in [4.69, 9.17) is 10.1 Å². The van der Waals surface area contributed by atoms with Crippen LogP contribution >= 0.6 is 11.3 Å². The minimum Gasteiger partial charge on any atom is -0.306 e. The molecule has 4 heterocycles. The molecular formula is C19H21N5OS. The second kappa shape index (κ2) is 7.09. The van der Waals surface area contributed by atoms with Crippen molar-refractivity contribution in [2.45, 2.75) is 25.8 Å². The predicted octanol–water partition coefficient (Wildman–Crippen LogP) is 3.54. The zero-order chi connectivity index (χ0) is 18.1. The van der Waals surface area contributed by atoms with E-state index in [0.29, 0.717) is 11.9 Å². The molecule has 0 unspecified atom stereocenters. The standard InChI is InChI=1S/C19H21N5OS/c1-13(25)17-10-15(12-26-17)19-21-18(14-4-3-7-20-11-14)22-24(19)16-5-8-23(2)9-6-16/h3-4,7,10-12,16H,5-6,8-9H2,1-2H3. The molecule has 26 heavy (non-hydrogen) atoms. The van der Waals surface area contributed by atoms with Crippen molar-refractivity contribution in [1.29, 1.82) is 0 Å². The molecule has 1 fully saturated rings. The van der Waals surface area contributed by atoms with Crippen LogP contribution in [-0.2, 0) is 0 Å². The average Bonchev–Trinajstić information content (AvgIpc) is 3.30. The summed E-state index contributed by atoms with van der Waals surface area (Å²) in [5.74, 6) is 1.60. The van der Waals surface area contributed by atoms with E-state index in [2.05, 4.69) is 21.6 Å². The maximum absolute atomic E-state index is 11.7. The van der Waals surface area contributed by atoms with Crippen LogP contribution in [0.1, 0.15) is 35.5 Å². The van der Waals surface area contributed by atoms with Gasteiger partial charge in [0, 0.05) is 28.9 Å². The molecule has 1 aliphatic heterocycles. The van der Waals surface area contributed by atoms with Gasteiger partial charge in [-0.1, -0.05) is 0 Å². The molecule has 1 aliphatic rings. The average molecular weight is 367 g/mol. The lowest BCUT2D eigenvalue weighted by molar-refractivity contribution is 0.102. The highest BCUT2D eigenvalue weighted by atomic mass is 32.1. The summed E-state index contributed by atoms with van der Waals surface area (Å²) in [7, 11) is 2.15. The van der Waals surface area contributed by atoms with Crippen LogP contribution in [0.2, 0.25) is 0 Å². The van der Waals surface area contributed by atoms with E-state index >= 15 is 0 Å². The largest absolute Gasteiger partial charge is 0.306 e. The van der Waals surface area contributed by atoms with Crippen LogP contribution in [-0.4, -0.2) is 50.6 Å². The predicted molar refractivity (Wildman–Crippen MR) is 102 cm³/mol. The molecule has 1 saturated heterocycles. The molecular weight excluding hydrogens is 346 g/mol. The first kappa shape index (κ1) is 17.1. The number of likely N-dealkylation sites (tertiary alicyclic amines) is 1. The van der Waals surface area contributed by atoms with Crippen molar-refractivity contribution in [3.8, 4) is 22.8 Å². The van der Waals surface area contributed by atoms with Crippen LogP contribution in [0.4, 0.5) is 0 Å². The van der Waals surface area contributed by atoms with Crippen LogP contribution in [0.15, 0.2) is 36.0 Å². The Kier molecular flexibility index (Phi) is 4.65. The first-order valence-electron chi connectivity index (χ1n) is 8.77. The Labute approximate surface area is 156 Å². The monoisotopic (exact) mass is 367 g/mol. The summed E-state index contributed by atoms with van der Waals surface area (Å²) >= 11 is 1.46. The van der Waals surface area contributed by atoms with Crippen LogP contribution in [0.3, 0.4) is 0 Å². The molecule has 0 aromatic carbocycles. The van der Waals surface area contributed by atoms with Gasteiger partial charge in [0.05, 0.1) is 10.9 Å². The number of ketones is 1. The number of rotatable bonds is 4. The minimum absolute atomic E-state index is 0.0825. The van der Waals surface area contributed by atoms with Gasteiger partial charge in [0.15, 0.2) is 17.4 Å². The molecule has 0 radical (unpaired) electrons. The van der Waals surface area contributed by atoms with Gasteiger partial charge in [0.2, 0.25) is 0 Å². The maximum atomic E-state index is 11.7. The third-order valence-corrected chi connectivity index (χ3v) is 5.82. The molecule has 0 aliphatic carbocycles. The summed E-state index contributed by atoms with van der Waals surface area (Å²) in [5, 5.41) is 6.83. The fourth-order valence-electron chi connectivity index (χ4n) is 3.27. The normalized spacial score (nSPS) is 16.1. The Morgan fingerprint density at radius 2 is 2.08 bits per heavy atom. The number of thiophene rings is 1. The Morgan fingerprint density at radius 1 is 1.27 bits per heavy atom. The number of pyridine rings is 1. The molecule has 4 rings (SSSR count). The number of carbonyl (C=O) groups excluding carboxylic acids is 1. The van der Waals surface area contributed by atoms with Crippen molar-refractivity contribution < 1.29 is 4.79 Å². The fourth-order valence-corrected chi connectivity index (χ4v) is 4.06. The lowest BCUT2D eigenvalue weighted by atomic mass is 10.1. The molecule has 134 valence electrons. The summed E-state index contributed by atoms with van der Waals surface area (Å²) in [6, 6.07) is 6.11. The minimum atomic E-state index is 0.0825. The van der Waals surface area contributed by atoms with Gasteiger partial charge in [0.25, 0.3) is 0 Å². The summed E-state index contributed by atoms with van der Waals surface area (Å²) in [6.07, 6.45) is 5.62. The topological polar surface area (TPSA) is 63.9 Å². The van der Waals surface area contributed by atoms with E-state index in [1.54, 1.807) is 19.3 Å². The quantitative estimate of drug-likeness (QED) is 0.660. The van der Waals surface area contributed by atoms with E-state index in [1.807, 2.05) is 23.6 Å². The van der Waals surface area contributed by atoms with Crippen molar-refractivity contribution >= 4 is 17.1 Å². The van der Waals surface area contributed by atoms with Crippen molar-refractivity contribution in [3.05, 3.63) is 40.8 Å². The van der Waals surface area contributed by atoms with Crippen LogP contribution in [0.5, 0.6) is 0 Å². The van der Waals surface area contributed by atoms with E-state index in [1.165, 1.54) is 11.3 Å². The Morgan fingerprint density at radius 3 is 2.73 bits per heavy atom. The van der Waals surface area contributed by atoms with Gasteiger partial charge in [-0.2, -0.15) is 5.10 Å². The summed E-state index contributed by atoms with van der Waals surface area (Å²) < 4.78 is 2.06. The van der Waals surface area contributed by atoms with E-state index in [9.17, 15) is 4.79 Å². The molecule has 0 spiro atoms. The van der Waals surface area contributed by atoms with E-state index in [0.717, 1.165) is 47.8 Å². The zero-order valence-corrected chi connectivity index (χ0v) is 15.7. The number of hydrogen-bond acceptors (Lipinski definition) is 6. The molecule has 0 atom stereocenters. The highest BCUT2D eigenvalue weighted by Crippen LogP contribution is 2.32. The van der Waals surface area contributed by atoms with E-state index < -0.39 is 0 Å². The number of nitrogens with zero attached hydrogens (tertiary/aromatic N) is 5.